The number of nitrogens with one attached hydrogen (secondary N) is 2. The van der Waals surface area contributed by atoms with Gasteiger partial charge in [-0.2, -0.15) is 0 Å². The van der Waals surface area contributed by atoms with Gasteiger partial charge in [0.2, 0.25) is 18.7 Å². The highest BCUT2D eigenvalue weighted by Crippen LogP contribution is 2.45. The average molecular weight is 770 g/mol. The molecule has 4 aliphatic heterocycles. The number of aromatic hydroxyl groups is 1. The normalized spacial score (nSPS) is 24.6. The molecule has 1 aliphatic carbocycles. The smallest absolute Gasteiger partial charge is 0.226 e. The summed E-state index contributed by atoms with van der Waals surface area (Å²) in [4.78, 5) is 45.3. The number of fused-ring (bicyclic) bond motifs is 2. The highest BCUT2D eigenvalue weighted by molar-refractivity contribution is 5.85. The number of phenolic OH excluding ortho intramolecular Hbond substituents is 1. The molecule has 3 saturated heterocycles. The molecule has 0 bridgehead atoms. The number of hydrogen-bond acceptors (Lipinski definition) is 11. The Bertz CT molecular complexity index is 1750. The molecule has 2 aromatic carbocycles. The topological polar surface area (TPSA) is 164 Å². The van der Waals surface area contributed by atoms with Gasteiger partial charge in [0.05, 0.1) is 11.7 Å². The molecule has 5 aliphatic rings. The molecule has 5 atom stereocenters. The number of para-hydroxylation sites is 1. The van der Waals surface area contributed by atoms with Crippen LogP contribution in [-0.2, 0) is 20.9 Å². The van der Waals surface area contributed by atoms with Crippen molar-refractivity contribution in [1.82, 2.24) is 30.2 Å². The standard InChI is InChI=1S/C26H38N4O3.C17H25N5O/c1-19-3-5-25(12-22(19)16-30(18-32)20(2)4-6-26(33)27-17-31)29-9-7-21(8-10-29)13-28-14-23-11-24(23)15-28;1-11-9-22-12(10-21(11)2)8-20-17(19)15(22)7-14(18)13-5-3-4-6-16(13)23/h3,5,12,17-18,20-21,23-24H,4,6-11,13-16H2,1-2H3,(H,27,31,33);3-7,11-12,20,23H,8-10,18-19H2,1-2H3/b;14-7-. The van der Waals surface area contributed by atoms with E-state index < -0.39 is 0 Å². The number of anilines is 1. The summed E-state index contributed by atoms with van der Waals surface area (Å²) in [6.45, 7) is 15.6. The summed E-state index contributed by atoms with van der Waals surface area (Å²) in [6.07, 6.45) is 7.83. The van der Waals surface area contributed by atoms with E-state index in [2.05, 4.69) is 69.3 Å². The summed E-state index contributed by atoms with van der Waals surface area (Å²) >= 11 is 0. The number of aryl methyl sites for hydroxylation is 1. The largest absolute Gasteiger partial charge is 0.507 e. The van der Waals surface area contributed by atoms with Crippen LogP contribution in [0.4, 0.5) is 5.69 Å². The van der Waals surface area contributed by atoms with Crippen LogP contribution < -0.4 is 27.0 Å². The van der Waals surface area contributed by atoms with Crippen molar-refractivity contribution in [3.8, 4) is 5.75 Å². The molecule has 4 fully saturated rings. The van der Waals surface area contributed by atoms with Crippen LogP contribution in [-0.4, -0.2) is 121 Å². The van der Waals surface area contributed by atoms with E-state index in [0.717, 1.165) is 68.1 Å². The lowest BCUT2D eigenvalue weighted by Gasteiger charge is -2.48. The summed E-state index contributed by atoms with van der Waals surface area (Å²) in [5, 5.41) is 15.4. The van der Waals surface area contributed by atoms with Crippen LogP contribution in [0, 0.1) is 24.7 Å². The zero-order valence-corrected chi connectivity index (χ0v) is 33.7. The number of likely N-dealkylation sites (tertiary alicyclic amines) is 1. The van der Waals surface area contributed by atoms with Gasteiger partial charge in [-0.05, 0) is 113 Å². The van der Waals surface area contributed by atoms with Crippen molar-refractivity contribution in [1.29, 1.82) is 0 Å². The maximum absolute atomic E-state index is 11.8. The van der Waals surface area contributed by atoms with Crippen LogP contribution in [0.2, 0.25) is 0 Å². The monoisotopic (exact) mass is 770 g/mol. The van der Waals surface area contributed by atoms with Crippen LogP contribution in [0.15, 0.2) is 60.1 Å². The van der Waals surface area contributed by atoms with Gasteiger partial charge in [0.25, 0.3) is 0 Å². The molecule has 13 nitrogen and oxygen atoms in total. The fraction of sp³-hybridized carbons (Fsp3) is 0.558. The molecule has 56 heavy (non-hydrogen) atoms. The van der Waals surface area contributed by atoms with E-state index in [9.17, 15) is 19.5 Å². The van der Waals surface area contributed by atoms with E-state index in [4.69, 9.17) is 11.5 Å². The molecular weight excluding hydrogens is 707 g/mol. The SMILES string of the molecule is CC1CN2C(/C=C(\N)c3ccccc3O)=C(N)NCC2CN1C.Cc1ccc(N2CCC(CN3CC4CC4C3)CC2)cc1CN(C=O)C(C)CCC(=O)NC=O. The summed E-state index contributed by atoms with van der Waals surface area (Å²) in [5.74, 6) is 3.33. The van der Waals surface area contributed by atoms with E-state index in [-0.39, 0.29) is 24.1 Å². The molecule has 0 aromatic heterocycles. The Labute approximate surface area is 332 Å². The summed E-state index contributed by atoms with van der Waals surface area (Å²) < 4.78 is 0. The number of carbonyl (C=O) groups excluding carboxylic acids is 3. The van der Waals surface area contributed by atoms with Crippen LogP contribution in [0.25, 0.3) is 5.70 Å². The number of nitrogens with zero attached hydrogens (tertiary/aromatic N) is 5. The Morgan fingerprint density at radius 1 is 1.09 bits per heavy atom. The highest BCUT2D eigenvalue weighted by atomic mass is 16.3. The van der Waals surface area contributed by atoms with Gasteiger partial charge in [-0.15, -0.1) is 0 Å². The number of piperidine rings is 2. The average Bonchev–Trinajstić information content (AvgIpc) is 3.80. The Hall–Kier alpha value is -4.75. The van der Waals surface area contributed by atoms with E-state index in [0.29, 0.717) is 48.5 Å². The Balaban J connectivity index is 0.000000202. The first-order valence-electron chi connectivity index (χ1n) is 20.4. The van der Waals surface area contributed by atoms with Gasteiger partial charge in [0.15, 0.2) is 0 Å². The molecular formula is C43H63N9O4. The molecule has 1 saturated carbocycles. The van der Waals surface area contributed by atoms with Crippen molar-refractivity contribution < 1.29 is 19.5 Å². The Morgan fingerprint density at radius 3 is 2.52 bits per heavy atom. The number of piperazine rings is 1. The second-order valence-electron chi connectivity index (χ2n) is 16.8. The van der Waals surface area contributed by atoms with Crippen LogP contribution in [0.5, 0.6) is 5.75 Å². The fourth-order valence-electron chi connectivity index (χ4n) is 8.78. The Kier molecular flexibility index (Phi) is 13.5. The van der Waals surface area contributed by atoms with Gasteiger partial charge < -0.3 is 41.5 Å². The van der Waals surface area contributed by atoms with E-state index >= 15 is 0 Å². The number of likely N-dealkylation sites (N-methyl/N-ethyl adjacent to an activating group) is 1. The van der Waals surface area contributed by atoms with Crippen molar-refractivity contribution >= 4 is 30.1 Å². The number of phenols is 1. The molecule has 13 heteroatoms. The van der Waals surface area contributed by atoms with E-state index in [1.807, 2.05) is 19.1 Å². The predicted molar refractivity (Wildman–Crippen MR) is 221 cm³/mol. The van der Waals surface area contributed by atoms with Gasteiger partial charge in [-0.25, -0.2) is 0 Å². The lowest BCUT2D eigenvalue weighted by Crippen LogP contribution is -2.61. The number of hydrogen-bond donors (Lipinski definition) is 5. The third-order valence-electron chi connectivity index (χ3n) is 12.7. The first-order chi connectivity index (χ1) is 26.9. The maximum atomic E-state index is 11.8. The zero-order chi connectivity index (χ0) is 39.9. The lowest BCUT2D eigenvalue weighted by atomic mass is 9.95. The van der Waals surface area contributed by atoms with E-state index in [1.54, 1.807) is 23.1 Å². The van der Waals surface area contributed by atoms with E-state index in [1.165, 1.54) is 50.1 Å². The summed E-state index contributed by atoms with van der Waals surface area (Å²) in [6, 6.07) is 14.4. The third-order valence-corrected chi connectivity index (χ3v) is 12.7. The number of benzene rings is 2. The number of amides is 3. The molecule has 4 heterocycles. The number of nitrogens with two attached hydrogens (primary N) is 2. The second-order valence-corrected chi connectivity index (χ2v) is 16.8. The first-order valence-corrected chi connectivity index (χ1v) is 20.4. The molecule has 7 N–H and O–H groups in total. The minimum atomic E-state index is -0.314. The number of carbonyl (C=O) groups is 3. The predicted octanol–water partition coefficient (Wildman–Crippen LogP) is 2.99. The summed E-state index contributed by atoms with van der Waals surface area (Å²) in [5.41, 5.74) is 18.0. The van der Waals surface area contributed by atoms with Crippen LogP contribution >= 0.6 is 0 Å². The number of imide groups is 1. The van der Waals surface area contributed by atoms with Gasteiger partial charge in [0.1, 0.15) is 11.6 Å². The minimum absolute atomic E-state index is 0.0877. The van der Waals surface area contributed by atoms with Gasteiger partial charge in [-0.3, -0.25) is 24.6 Å². The molecule has 3 amide bonds. The zero-order valence-electron chi connectivity index (χ0n) is 33.7. The van der Waals surface area contributed by atoms with Crippen LogP contribution in [0.1, 0.15) is 62.6 Å². The second kappa shape index (κ2) is 18.5. The van der Waals surface area contributed by atoms with Gasteiger partial charge >= 0.3 is 0 Å². The van der Waals surface area contributed by atoms with Gasteiger partial charge in [-0.1, -0.05) is 18.2 Å². The Morgan fingerprint density at radius 2 is 1.82 bits per heavy atom. The fourth-order valence-corrected chi connectivity index (χ4v) is 8.78. The third kappa shape index (κ3) is 10.2. The van der Waals surface area contributed by atoms with Crippen molar-refractivity contribution in [3.05, 3.63) is 76.7 Å². The first kappa shape index (κ1) is 40.9. The molecule has 2 aromatic rings. The van der Waals surface area contributed by atoms with Crippen molar-refractivity contribution in [2.24, 2.45) is 29.2 Å². The number of allylic oxidation sites excluding steroid dienone is 1. The van der Waals surface area contributed by atoms with Gasteiger partial charge in [0, 0.05) is 94.4 Å². The lowest BCUT2D eigenvalue weighted by molar-refractivity contribution is -0.126. The molecule has 7 rings (SSSR count). The van der Waals surface area contributed by atoms with Crippen molar-refractivity contribution in [3.63, 3.8) is 0 Å². The minimum Gasteiger partial charge on any atom is -0.507 e. The quantitative estimate of drug-likeness (QED) is 0.191. The maximum Gasteiger partial charge on any atom is 0.226 e. The molecule has 0 radical (unpaired) electrons. The van der Waals surface area contributed by atoms with Crippen molar-refractivity contribution in [2.75, 3.05) is 64.3 Å². The number of rotatable bonds is 13. The molecule has 0 spiro atoms. The van der Waals surface area contributed by atoms with Crippen molar-refractivity contribution in [2.45, 2.75) is 77.5 Å². The molecule has 5 unspecified atom stereocenters. The van der Waals surface area contributed by atoms with Crippen LogP contribution in [0.3, 0.4) is 0 Å². The summed E-state index contributed by atoms with van der Waals surface area (Å²) in [7, 11) is 2.15. The molecule has 304 valence electrons. The highest BCUT2D eigenvalue weighted by Gasteiger charge is 2.45.